The quantitative estimate of drug-likeness (QED) is 0.204. The maximum atomic E-state index is 12.5. The fourth-order valence-electron chi connectivity index (χ4n) is 3.00. The molecular weight excluding hydrogens is 517 g/mol. The highest BCUT2D eigenvalue weighted by atomic mass is 35.5. The summed E-state index contributed by atoms with van der Waals surface area (Å²) < 4.78 is 10.4. The zero-order valence-corrected chi connectivity index (χ0v) is 21.1. The van der Waals surface area contributed by atoms with E-state index in [4.69, 9.17) is 32.7 Å². The largest absolute Gasteiger partial charge is 0.484 e. The molecule has 2 amide bonds. The summed E-state index contributed by atoms with van der Waals surface area (Å²) in [5, 5.41) is 15.4. The van der Waals surface area contributed by atoms with Gasteiger partial charge in [-0.15, -0.1) is 0 Å². The number of nitrogens with one attached hydrogen (secondary N) is 2. The Kier molecular flexibility index (Phi) is 9.67. The van der Waals surface area contributed by atoms with Crippen molar-refractivity contribution in [1.82, 2.24) is 0 Å². The van der Waals surface area contributed by atoms with E-state index in [9.17, 15) is 19.6 Å². The Labute approximate surface area is 223 Å². The molecule has 10 heteroatoms. The van der Waals surface area contributed by atoms with Gasteiger partial charge in [-0.3, -0.25) is 9.59 Å². The van der Waals surface area contributed by atoms with E-state index in [0.717, 1.165) is 0 Å². The maximum Gasteiger partial charge on any atom is 0.338 e. The molecule has 0 saturated heterocycles. The fourth-order valence-corrected chi connectivity index (χ4v) is 3.30. The lowest BCUT2D eigenvalue weighted by atomic mass is 10.1. The predicted molar refractivity (Wildman–Crippen MR) is 142 cm³/mol. The zero-order valence-electron chi connectivity index (χ0n) is 19.6. The number of esters is 1. The van der Waals surface area contributed by atoms with Crippen molar-refractivity contribution in [1.29, 1.82) is 5.26 Å². The van der Waals surface area contributed by atoms with Crippen molar-refractivity contribution < 1.29 is 23.9 Å². The third kappa shape index (κ3) is 8.10. The molecule has 0 spiro atoms. The molecular formula is C27H21Cl2N3O5. The first-order chi connectivity index (χ1) is 17.8. The molecule has 0 aliphatic rings. The van der Waals surface area contributed by atoms with Crippen LogP contribution < -0.4 is 15.4 Å². The summed E-state index contributed by atoms with van der Waals surface area (Å²) in [5.41, 5.74) is 1.72. The van der Waals surface area contributed by atoms with E-state index in [0.29, 0.717) is 38.3 Å². The Balaban J connectivity index is 1.56. The van der Waals surface area contributed by atoms with Gasteiger partial charge in [0.2, 0.25) is 0 Å². The van der Waals surface area contributed by atoms with E-state index in [1.165, 1.54) is 24.3 Å². The Bertz CT molecular complexity index is 1360. The van der Waals surface area contributed by atoms with Crippen LogP contribution in [0.2, 0.25) is 10.0 Å². The molecule has 2 N–H and O–H groups in total. The van der Waals surface area contributed by atoms with Crippen LogP contribution in [0.15, 0.2) is 72.3 Å². The molecule has 0 radical (unpaired) electrons. The number of nitrogens with zero attached hydrogens (tertiary/aromatic N) is 1. The van der Waals surface area contributed by atoms with Gasteiger partial charge in [0.1, 0.15) is 17.4 Å². The first-order valence-corrected chi connectivity index (χ1v) is 11.7. The van der Waals surface area contributed by atoms with Crippen molar-refractivity contribution >= 4 is 58.4 Å². The summed E-state index contributed by atoms with van der Waals surface area (Å²) in [6.45, 7) is 1.73. The third-order valence-electron chi connectivity index (χ3n) is 4.78. The highest BCUT2D eigenvalue weighted by Crippen LogP contribution is 2.25. The molecule has 0 heterocycles. The standard InChI is InChI=1S/C27H21Cl2N3O5/c1-2-36-27(35)18-5-7-20(8-6-18)32-26(34)19(15-30)13-17-3-10-22(11-4-17)37-16-25(33)31-21-9-12-23(28)24(29)14-21/h3-14H,2,16H2,1H3,(H,31,33)(H,32,34)/b19-13+. The number of carbonyl (C=O) groups excluding carboxylic acids is 3. The molecule has 3 rings (SSSR count). The molecule has 0 saturated carbocycles. The summed E-state index contributed by atoms with van der Waals surface area (Å²) in [4.78, 5) is 36.4. The van der Waals surface area contributed by atoms with Crippen LogP contribution in [0, 0.1) is 11.3 Å². The summed E-state index contributed by atoms with van der Waals surface area (Å²) in [5.74, 6) is -1.03. The van der Waals surface area contributed by atoms with Crippen molar-refractivity contribution in [2.24, 2.45) is 0 Å². The first kappa shape index (κ1) is 27.3. The Morgan fingerprint density at radius 2 is 1.59 bits per heavy atom. The molecule has 3 aromatic carbocycles. The van der Waals surface area contributed by atoms with Crippen LogP contribution in [-0.2, 0) is 14.3 Å². The summed E-state index contributed by atoms with van der Waals surface area (Å²) in [6, 6.07) is 19.2. The Morgan fingerprint density at radius 3 is 2.22 bits per heavy atom. The van der Waals surface area contributed by atoms with Gasteiger partial charge in [-0.05, 0) is 73.2 Å². The molecule has 0 bridgehead atoms. The lowest BCUT2D eigenvalue weighted by Gasteiger charge is -2.09. The molecule has 0 fully saturated rings. The number of carbonyl (C=O) groups is 3. The fraction of sp³-hybridized carbons (Fsp3) is 0.111. The lowest BCUT2D eigenvalue weighted by Crippen LogP contribution is -2.20. The molecule has 0 aromatic heterocycles. The van der Waals surface area contributed by atoms with E-state index >= 15 is 0 Å². The average molecular weight is 538 g/mol. The maximum absolute atomic E-state index is 12.5. The molecule has 0 aliphatic heterocycles. The van der Waals surface area contributed by atoms with Crippen LogP contribution >= 0.6 is 23.2 Å². The second-order valence-electron chi connectivity index (χ2n) is 7.46. The van der Waals surface area contributed by atoms with Gasteiger partial charge in [0.05, 0.1) is 22.2 Å². The van der Waals surface area contributed by atoms with Crippen LogP contribution in [0.1, 0.15) is 22.8 Å². The molecule has 0 unspecified atom stereocenters. The number of hydrogen-bond donors (Lipinski definition) is 2. The summed E-state index contributed by atoms with van der Waals surface area (Å²) in [7, 11) is 0. The number of nitriles is 1. The van der Waals surface area contributed by atoms with Gasteiger partial charge in [0, 0.05) is 11.4 Å². The van der Waals surface area contributed by atoms with E-state index in [-0.39, 0.29) is 24.7 Å². The second kappa shape index (κ2) is 13.1. The van der Waals surface area contributed by atoms with Crippen LogP contribution in [0.5, 0.6) is 5.75 Å². The number of ether oxygens (including phenoxy) is 2. The monoisotopic (exact) mass is 537 g/mol. The van der Waals surface area contributed by atoms with E-state index in [1.807, 2.05) is 6.07 Å². The predicted octanol–water partition coefficient (Wildman–Crippen LogP) is 5.73. The first-order valence-electron chi connectivity index (χ1n) is 11.0. The zero-order chi connectivity index (χ0) is 26.8. The minimum absolute atomic E-state index is 0.121. The van der Waals surface area contributed by atoms with Gasteiger partial charge in [-0.2, -0.15) is 5.26 Å². The minimum atomic E-state index is -0.606. The van der Waals surface area contributed by atoms with E-state index < -0.39 is 11.9 Å². The van der Waals surface area contributed by atoms with Crippen LogP contribution in [0.25, 0.3) is 6.08 Å². The van der Waals surface area contributed by atoms with Gasteiger partial charge in [-0.25, -0.2) is 4.79 Å². The van der Waals surface area contributed by atoms with Crippen LogP contribution in [-0.4, -0.2) is 31.0 Å². The van der Waals surface area contributed by atoms with Crippen molar-refractivity contribution in [2.75, 3.05) is 23.8 Å². The Morgan fingerprint density at radius 1 is 0.919 bits per heavy atom. The molecule has 0 aliphatic carbocycles. The van der Waals surface area contributed by atoms with E-state index in [1.54, 1.807) is 55.5 Å². The second-order valence-corrected chi connectivity index (χ2v) is 8.27. The molecule has 188 valence electrons. The van der Waals surface area contributed by atoms with Gasteiger partial charge < -0.3 is 20.1 Å². The number of anilines is 2. The number of amides is 2. The van der Waals surface area contributed by atoms with Gasteiger partial charge >= 0.3 is 5.97 Å². The van der Waals surface area contributed by atoms with Gasteiger partial charge in [0.25, 0.3) is 11.8 Å². The normalized spacial score (nSPS) is 10.7. The van der Waals surface area contributed by atoms with E-state index in [2.05, 4.69) is 10.6 Å². The van der Waals surface area contributed by atoms with Crippen molar-refractivity contribution in [3.63, 3.8) is 0 Å². The Hall–Kier alpha value is -4.32. The molecule has 0 atom stereocenters. The van der Waals surface area contributed by atoms with Crippen LogP contribution in [0.4, 0.5) is 11.4 Å². The number of hydrogen-bond acceptors (Lipinski definition) is 6. The highest BCUT2D eigenvalue weighted by Gasteiger charge is 2.12. The van der Waals surface area contributed by atoms with Gasteiger partial charge in [-0.1, -0.05) is 35.3 Å². The summed E-state index contributed by atoms with van der Waals surface area (Å²) >= 11 is 11.8. The molecule has 3 aromatic rings. The number of halogens is 2. The van der Waals surface area contributed by atoms with Gasteiger partial charge in [0.15, 0.2) is 6.61 Å². The molecule has 37 heavy (non-hydrogen) atoms. The third-order valence-corrected chi connectivity index (χ3v) is 5.52. The smallest absolute Gasteiger partial charge is 0.338 e. The lowest BCUT2D eigenvalue weighted by molar-refractivity contribution is -0.118. The minimum Gasteiger partial charge on any atom is -0.484 e. The average Bonchev–Trinajstić information content (AvgIpc) is 2.89. The van der Waals surface area contributed by atoms with Crippen molar-refractivity contribution in [3.05, 3.63) is 93.5 Å². The SMILES string of the molecule is CCOC(=O)c1ccc(NC(=O)/C(C#N)=C/c2ccc(OCC(=O)Nc3ccc(Cl)c(Cl)c3)cc2)cc1. The topological polar surface area (TPSA) is 118 Å². The van der Waals surface area contributed by atoms with Crippen molar-refractivity contribution in [3.8, 4) is 11.8 Å². The van der Waals surface area contributed by atoms with Crippen LogP contribution in [0.3, 0.4) is 0 Å². The number of benzene rings is 3. The number of rotatable bonds is 9. The molecule has 8 nitrogen and oxygen atoms in total. The van der Waals surface area contributed by atoms with Crippen molar-refractivity contribution in [2.45, 2.75) is 6.92 Å². The highest BCUT2D eigenvalue weighted by molar-refractivity contribution is 6.42. The summed E-state index contributed by atoms with van der Waals surface area (Å²) in [6.07, 6.45) is 1.42.